The SMILES string of the molecule is CCNC(=NCc1ccc(C)cc1OCCOC)NCCc1ccc(C)nc1.I. The van der Waals surface area contributed by atoms with Crippen molar-refractivity contribution in [3.63, 3.8) is 0 Å². The molecule has 2 rings (SSSR count). The molecule has 0 radical (unpaired) electrons. The first-order valence-electron chi connectivity index (χ1n) is 9.77. The zero-order chi connectivity index (χ0) is 20.2. The molecule has 0 atom stereocenters. The number of rotatable bonds is 10. The van der Waals surface area contributed by atoms with Gasteiger partial charge >= 0.3 is 0 Å². The Kier molecular flexibility index (Phi) is 12.3. The summed E-state index contributed by atoms with van der Waals surface area (Å²) in [6, 6.07) is 10.4. The first-order valence-corrected chi connectivity index (χ1v) is 9.77. The van der Waals surface area contributed by atoms with Crippen LogP contribution in [0.1, 0.15) is 29.3 Å². The molecule has 2 aromatic rings. The summed E-state index contributed by atoms with van der Waals surface area (Å²) < 4.78 is 10.9. The molecule has 1 aromatic carbocycles. The lowest BCUT2D eigenvalue weighted by atomic mass is 10.1. The minimum atomic E-state index is 0. The van der Waals surface area contributed by atoms with E-state index in [2.05, 4.69) is 47.7 Å². The van der Waals surface area contributed by atoms with Gasteiger partial charge in [-0.25, -0.2) is 4.99 Å². The Bertz CT molecular complexity index is 751. The monoisotopic (exact) mass is 512 g/mol. The maximum atomic E-state index is 5.86. The quantitative estimate of drug-likeness (QED) is 0.220. The highest BCUT2D eigenvalue weighted by Crippen LogP contribution is 2.21. The largest absolute Gasteiger partial charge is 0.491 e. The van der Waals surface area contributed by atoms with Crippen molar-refractivity contribution in [2.24, 2.45) is 4.99 Å². The molecule has 0 amide bonds. The maximum absolute atomic E-state index is 5.86. The Balaban J connectivity index is 0.00000420. The second-order valence-corrected chi connectivity index (χ2v) is 6.63. The van der Waals surface area contributed by atoms with Gasteiger partial charge in [0.05, 0.1) is 13.2 Å². The number of halogens is 1. The van der Waals surface area contributed by atoms with Gasteiger partial charge in [0, 0.05) is 37.7 Å². The predicted octanol–water partition coefficient (Wildman–Crippen LogP) is 3.64. The number of guanidine groups is 1. The Morgan fingerprint density at radius 1 is 1.10 bits per heavy atom. The first kappa shape index (κ1) is 25.2. The van der Waals surface area contributed by atoms with E-state index in [1.807, 2.05) is 25.3 Å². The fourth-order valence-corrected chi connectivity index (χ4v) is 2.64. The average molecular weight is 512 g/mol. The van der Waals surface area contributed by atoms with Gasteiger partial charge in [0.1, 0.15) is 12.4 Å². The van der Waals surface area contributed by atoms with Crippen molar-refractivity contribution < 1.29 is 9.47 Å². The molecule has 0 bridgehead atoms. The van der Waals surface area contributed by atoms with E-state index in [1.165, 1.54) is 5.56 Å². The molecule has 0 saturated carbocycles. The number of aromatic nitrogens is 1. The number of aryl methyl sites for hydroxylation is 2. The van der Waals surface area contributed by atoms with Crippen molar-refractivity contribution >= 4 is 29.9 Å². The molecule has 7 heteroatoms. The second kappa shape index (κ2) is 14.2. The number of methoxy groups -OCH3 is 1. The Morgan fingerprint density at radius 2 is 1.93 bits per heavy atom. The smallest absolute Gasteiger partial charge is 0.191 e. The molecule has 160 valence electrons. The third-order valence-corrected chi connectivity index (χ3v) is 4.20. The van der Waals surface area contributed by atoms with Gasteiger partial charge in [-0.1, -0.05) is 18.2 Å². The van der Waals surface area contributed by atoms with Crippen molar-refractivity contribution in [3.05, 3.63) is 58.9 Å². The molecule has 6 nitrogen and oxygen atoms in total. The van der Waals surface area contributed by atoms with E-state index >= 15 is 0 Å². The second-order valence-electron chi connectivity index (χ2n) is 6.63. The molecule has 0 saturated heterocycles. The molecule has 29 heavy (non-hydrogen) atoms. The zero-order valence-electron chi connectivity index (χ0n) is 17.8. The predicted molar refractivity (Wildman–Crippen MR) is 129 cm³/mol. The number of hydrogen-bond donors (Lipinski definition) is 2. The van der Waals surface area contributed by atoms with Gasteiger partial charge < -0.3 is 20.1 Å². The Labute approximate surface area is 191 Å². The van der Waals surface area contributed by atoms with Gasteiger partial charge in [0.15, 0.2) is 5.96 Å². The summed E-state index contributed by atoms with van der Waals surface area (Å²) in [5, 5.41) is 6.68. The molecule has 2 N–H and O–H groups in total. The topological polar surface area (TPSA) is 67.8 Å². The summed E-state index contributed by atoms with van der Waals surface area (Å²) in [6.07, 6.45) is 2.82. The molecular weight excluding hydrogens is 479 g/mol. The van der Waals surface area contributed by atoms with Gasteiger partial charge in [-0.3, -0.25) is 4.98 Å². The number of hydrogen-bond acceptors (Lipinski definition) is 4. The maximum Gasteiger partial charge on any atom is 0.191 e. The molecule has 0 spiro atoms. The fourth-order valence-electron chi connectivity index (χ4n) is 2.64. The van der Waals surface area contributed by atoms with Crippen molar-refractivity contribution in [2.45, 2.75) is 33.7 Å². The van der Waals surface area contributed by atoms with Crippen LogP contribution in [0, 0.1) is 13.8 Å². The highest BCUT2D eigenvalue weighted by molar-refractivity contribution is 14.0. The van der Waals surface area contributed by atoms with Gasteiger partial charge in [-0.05, 0) is 50.5 Å². The van der Waals surface area contributed by atoms with E-state index in [9.17, 15) is 0 Å². The molecule has 0 unspecified atom stereocenters. The van der Waals surface area contributed by atoms with Crippen LogP contribution in [-0.4, -0.2) is 44.4 Å². The highest BCUT2D eigenvalue weighted by atomic mass is 127. The van der Waals surface area contributed by atoms with Crippen LogP contribution in [0.5, 0.6) is 5.75 Å². The number of benzene rings is 1. The van der Waals surface area contributed by atoms with E-state index < -0.39 is 0 Å². The van der Waals surface area contributed by atoms with Gasteiger partial charge in [-0.15, -0.1) is 24.0 Å². The summed E-state index contributed by atoms with van der Waals surface area (Å²) in [5.74, 6) is 1.66. The number of pyridine rings is 1. The van der Waals surface area contributed by atoms with E-state index in [4.69, 9.17) is 14.5 Å². The minimum Gasteiger partial charge on any atom is -0.491 e. The average Bonchev–Trinajstić information content (AvgIpc) is 2.69. The van der Waals surface area contributed by atoms with Crippen molar-refractivity contribution in [3.8, 4) is 5.75 Å². The van der Waals surface area contributed by atoms with Crippen LogP contribution in [0.2, 0.25) is 0 Å². The molecular formula is C22H33IN4O2. The number of aliphatic imine (C=N–C) groups is 1. The van der Waals surface area contributed by atoms with Crippen molar-refractivity contribution in [1.29, 1.82) is 0 Å². The number of nitrogens with zero attached hydrogens (tertiary/aromatic N) is 2. The molecule has 0 aliphatic heterocycles. The van der Waals surface area contributed by atoms with Gasteiger partial charge in [0.2, 0.25) is 0 Å². The van der Waals surface area contributed by atoms with Crippen LogP contribution < -0.4 is 15.4 Å². The van der Waals surface area contributed by atoms with Gasteiger partial charge in [-0.2, -0.15) is 0 Å². The minimum absolute atomic E-state index is 0. The molecule has 0 fully saturated rings. The summed E-state index contributed by atoms with van der Waals surface area (Å²) in [7, 11) is 1.67. The summed E-state index contributed by atoms with van der Waals surface area (Å²) in [4.78, 5) is 9.06. The standard InChI is InChI=1S/C22H32N4O2.HI/c1-5-23-22(24-11-10-19-8-7-18(3)25-15-19)26-16-20-9-6-17(2)14-21(20)28-13-12-27-4;/h6-9,14-15H,5,10-13,16H2,1-4H3,(H2,23,24,26);1H. The molecule has 0 aliphatic rings. The van der Waals surface area contributed by atoms with Crippen molar-refractivity contribution in [1.82, 2.24) is 15.6 Å². The van der Waals surface area contributed by atoms with Crippen LogP contribution in [0.3, 0.4) is 0 Å². The molecule has 1 heterocycles. The summed E-state index contributed by atoms with van der Waals surface area (Å²) in [6.45, 7) is 9.35. The number of nitrogens with one attached hydrogen (secondary N) is 2. The van der Waals surface area contributed by atoms with Crippen molar-refractivity contribution in [2.75, 3.05) is 33.4 Å². The van der Waals surface area contributed by atoms with Gasteiger partial charge in [0.25, 0.3) is 0 Å². The molecule has 0 aliphatic carbocycles. The van der Waals surface area contributed by atoms with E-state index in [-0.39, 0.29) is 24.0 Å². The zero-order valence-corrected chi connectivity index (χ0v) is 20.2. The van der Waals surface area contributed by atoms with E-state index in [0.29, 0.717) is 19.8 Å². The fraction of sp³-hybridized carbons (Fsp3) is 0.455. The Hall–Kier alpha value is -1.87. The first-order chi connectivity index (χ1) is 13.6. The van der Waals surface area contributed by atoms with Crippen LogP contribution in [-0.2, 0) is 17.7 Å². The lowest BCUT2D eigenvalue weighted by Gasteiger charge is -2.13. The number of ether oxygens (including phenoxy) is 2. The Morgan fingerprint density at radius 3 is 2.62 bits per heavy atom. The third-order valence-electron chi connectivity index (χ3n) is 4.20. The normalized spacial score (nSPS) is 11.0. The third kappa shape index (κ3) is 9.45. The van der Waals surface area contributed by atoms with Crippen LogP contribution in [0.4, 0.5) is 0 Å². The van der Waals surface area contributed by atoms with E-state index in [1.54, 1.807) is 7.11 Å². The lowest BCUT2D eigenvalue weighted by molar-refractivity contribution is 0.145. The summed E-state index contributed by atoms with van der Waals surface area (Å²) >= 11 is 0. The van der Waals surface area contributed by atoms with Crippen LogP contribution in [0.15, 0.2) is 41.5 Å². The van der Waals surface area contributed by atoms with Crippen LogP contribution in [0.25, 0.3) is 0 Å². The lowest BCUT2D eigenvalue weighted by Crippen LogP contribution is -2.38. The van der Waals surface area contributed by atoms with Crippen LogP contribution >= 0.6 is 24.0 Å². The molecule has 1 aromatic heterocycles. The highest BCUT2D eigenvalue weighted by Gasteiger charge is 2.05. The summed E-state index contributed by atoms with van der Waals surface area (Å²) in [5.41, 5.74) is 4.47. The van der Waals surface area contributed by atoms with E-state index in [0.717, 1.165) is 48.0 Å².